The summed E-state index contributed by atoms with van der Waals surface area (Å²) in [5.74, 6) is -2.05. The Bertz CT molecular complexity index is 1420. The molecule has 33 heavy (non-hydrogen) atoms. The Morgan fingerprint density at radius 3 is 2.42 bits per heavy atom. The first-order valence-electron chi connectivity index (χ1n) is 9.03. The molecule has 0 spiro atoms. The zero-order chi connectivity index (χ0) is 24.7. The quantitative estimate of drug-likeness (QED) is 0.527. The first-order chi connectivity index (χ1) is 15.2. The van der Waals surface area contributed by atoms with Gasteiger partial charge in [-0.05, 0) is 32.0 Å². The molecule has 0 fully saturated rings. The molecular weight excluding hydrogens is 494 g/mol. The first-order valence-corrected chi connectivity index (χ1v) is 11.0. The van der Waals surface area contributed by atoms with Gasteiger partial charge in [-0.25, -0.2) is 27.2 Å². The summed E-state index contributed by atoms with van der Waals surface area (Å²) in [4.78, 5) is 29.3. The number of nitrogens with one attached hydrogen (secondary N) is 1. The molecule has 2 aromatic heterocycles. The minimum absolute atomic E-state index is 0.0854. The fourth-order valence-electron chi connectivity index (χ4n) is 2.67. The summed E-state index contributed by atoms with van der Waals surface area (Å²) in [6.45, 7) is 2.86. The van der Waals surface area contributed by atoms with Crippen LogP contribution in [-0.4, -0.2) is 28.2 Å². The van der Waals surface area contributed by atoms with Gasteiger partial charge in [0.2, 0.25) is 5.88 Å². The van der Waals surface area contributed by atoms with Crippen LogP contribution in [-0.2, 0) is 16.0 Å². The summed E-state index contributed by atoms with van der Waals surface area (Å²) in [7, 11) is -3.86. The average molecular weight is 508 g/mol. The Morgan fingerprint density at radius 1 is 1.18 bits per heavy atom. The SMILES string of the molecule is CC(C)S(=O)(=O)c1cccnc1Oc1cc(-n2c(=O)cc(C(F)(F)F)[nH]c2=O)c(F)cc1Cl. The van der Waals surface area contributed by atoms with E-state index in [1.54, 1.807) is 0 Å². The number of pyridine rings is 1. The van der Waals surface area contributed by atoms with Crippen LogP contribution in [0.5, 0.6) is 11.6 Å². The number of hydrogen-bond donors (Lipinski definition) is 1. The lowest BCUT2D eigenvalue weighted by Crippen LogP contribution is -2.36. The van der Waals surface area contributed by atoms with Crippen LogP contribution in [0.25, 0.3) is 5.69 Å². The van der Waals surface area contributed by atoms with Crippen LogP contribution in [0.15, 0.2) is 51.0 Å². The highest BCUT2D eigenvalue weighted by molar-refractivity contribution is 7.92. The zero-order valence-electron chi connectivity index (χ0n) is 16.8. The van der Waals surface area contributed by atoms with E-state index in [-0.39, 0.29) is 20.6 Å². The topological polar surface area (TPSA) is 111 Å². The second-order valence-corrected chi connectivity index (χ2v) is 9.78. The molecule has 3 aromatic rings. The second-order valence-electron chi connectivity index (χ2n) is 6.90. The van der Waals surface area contributed by atoms with Crippen LogP contribution >= 0.6 is 11.6 Å². The molecule has 0 aliphatic heterocycles. The van der Waals surface area contributed by atoms with Gasteiger partial charge in [0.15, 0.2) is 9.84 Å². The minimum Gasteiger partial charge on any atom is -0.436 e. The summed E-state index contributed by atoms with van der Waals surface area (Å²) < 4.78 is 83.7. The van der Waals surface area contributed by atoms with Crippen molar-refractivity contribution in [1.29, 1.82) is 0 Å². The highest BCUT2D eigenvalue weighted by atomic mass is 35.5. The number of benzene rings is 1. The van der Waals surface area contributed by atoms with E-state index in [0.29, 0.717) is 6.07 Å². The van der Waals surface area contributed by atoms with Crippen molar-refractivity contribution in [3.63, 3.8) is 0 Å². The molecular formula is C19H14ClF4N3O5S. The average Bonchev–Trinajstić information content (AvgIpc) is 2.70. The van der Waals surface area contributed by atoms with E-state index in [1.165, 1.54) is 37.2 Å². The van der Waals surface area contributed by atoms with Gasteiger partial charge in [-0.3, -0.25) is 4.79 Å². The highest BCUT2D eigenvalue weighted by Gasteiger charge is 2.33. The van der Waals surface area contributed by atoms with Gasteiger partial charge in [0, 0.05) is 18.3 Å². The molecule has 176 valence electrons. The maximum absolute atomic E-state index is 14.5. The fourth-order valence-corrected chi connectivity index (χ4v) is 3.97. The van der Waals surface area contributed by atoms with Crippen LogP contribution in [0.1, 0.15) is 19.5 Å². The lowest BCUT2D eigenvalue weighted by Gasteiger charge is -2.15. The Labute approximate surface area is 188 Å². The minimum atomic E-state index is -5.01. The molecule has 0 aliphatic rings. The van der Waals surface area contributed by atoms with Gasteiger partial charge in [-0.2, -0.15) is 13.2 Å². The number of aromatic amines is 1. The van der Waals surface area contributed by atoms with Crippen molar-refractivity contribution >= 4 is 21.4 Å². The predicted molar refractivity (Wildman–Crippen MR) is 109 cm³/mol. The van der Waals surface area contributed by atoms with Crippen LogP contribution < -0.4 is 16.0 Å². The van der Waals surface area contributed by atoms with Crippen molar-refractivity contribution in [2.24, 2.45) is 0 Å². The number of halogens is 5. The van der Waals surface area contributed by atoms with Crippen molar-refractivity contribution in [3.8, 4) is 17.3 Å². The molecule has 0 amide bonds. The third-order valence-electron chi connectivity index (χ3n) is 4.35. The maximum atomic E-state index is 14.5. The van der Waals surface area contributed by atoms with Crippen molar-refractivity contribution in [2.45, 2.75) is 30.2 Å². The van der Waals surface area contributed by atoms with Gasteiger partial charge in [0.05, 0.1) is 16.0 Å². The molecule has 1 N–H and O–H groups in total. The first kappa shape index (κ1) is 24.5. The van der Waals surface area contributed by atoms with Crippen LogP contribution in [0.4, 0.5) is 17.6 Å². The molecule has 3 rings (SSSR count). The predicted octanol–water partition coefficient (Wildman–Crippen LogP) is 3.71. The molecule has 0 radical (unpaired) electrons. The Morgan fingerprint density at radius 2 is 1.85 bits per heavy atom. The van der Waals surface area contributed by atoms with Crippen LogP contribution in [0, 0.1) is 5.82 Å². The molecule has 1 aromatic carbocycles. The van der Waals surface area contributed by atoms with E-state index < -0.39 is 61.3 Å². The molecule has 0 saturated carbocycles. The number of nitrogens with zero attached hydrogens (tertiary/aromatic N) is 2. The van der Waals surface area contributed by atoms with E-state index in [4.69, 9.17) is 16.3 Å². The number of sulfone groups is 1. The molecule has 14 heteroatoms. The van der Waals surface area contributed by atoms with E-state index in [0.717, 1.165) is 6.07 Å². The lowest BCUT2D eigenvalue weighted by atomic mass is 10.2. The van der Waals surface area contributed by atoms with Gasteiger partial charge in [0.1, 0.15) is 22.2 Å². The molecule has 0 bridgehead atoms. The number of rotatable bonds is 5. The molecule has 0 saturated heterocycles. The molecule has 2 heterocycles. The van der Waals surface area contributed by atoms with Crippen molar-refractivity contribution in [1.82, 2.24) is 14.5 Å². The Hall–Kier alpha value is -3.19. The van der Waals surface area contributed by atoms with Gasteiger partial charge in [0.25, 0.3) is 5.56 Å². The lowest BCUT2D eigenvalue weighted by molar-refractivity contribution is -0.141. The number of aromatic nitrogens is 3. The smallest absolute Gasteiger partial charge is 0.431 e. The zero-order valence-corrected chi connectivity index (χ0v) is 18.3. The number of hydrogen-bond acceptors (Lipinski definition) is 6. The van der Waals surface area contributed by atoms with Crippen molar-refractivity contribution in [3.05, 3.63) is 73.9 Å². The Balaban J connectivity index is 2.17. The summed E-state index contributed by atoms with van der Waals surface area (Å²) in [6.07, 6.45) is -3.79. The van der Waals surface area contributed by atoms with Gasteiger partial charge >= 0.3 is 11.9 Å². The largest absolute Gasteiger partial charge is 0.436 e. The molecule has 0 unspecified atom stereocenters. The number of alkyl halides is 3. The third-order valence-corrected chi connectivity index (χ3v) is 6.81. The highest BCUT2D eigenvalue weighted by Crippen LogP contribution is 2.35. The van der Waals surface area contributed by atoms with Crippen LogP contribution in [0.2, 0.25) is 5.02 Å². The molecule has 0 aliphatic carbocycles. The van der Waals surface area contributed by atoms with Crippen molar-refractivity contribution in [2.75, 3.05) is 0 Å². The van der Waals surface area contributed by atoms with E-state index in [1.807, 2.05) is 0 Å². The maximum Gasteiger partial charge on any atom is 0.431 e. The van der Waals surface area contributed by atoms with E-state index in [9.17, 15) is 35.6 Å². The number of ether oxygens (including phenoxy) is 1. The summed E-state index contributed by atoms with van der Waals surface area (Å²) in [5, 5.41) is -1.22. The summed E-state index contributed by atoms with van der Waals surface area (Å²) in [5.41, 5.74) is -5.43. The van der Waals surface area contributed by atoms with Gasteiger partial charge in [-0.15, -0.1) is 0 Å². The second kappa shape index (κ2) is 8.63. The molecule has 0 atom stereocenters. The van der Waals surface area contributed by atoms with E-state index in [2.05, 4.69) is 4.98 Å². The standard InChI is InChI=1S/C19H14ClF4N3O5S/c1-9(2)33(30,31)14-4-3-5-25-17(14)32-13-7-12(11(21)6-10(13)20)27-16(28)8-15(19(22,23)24)26-18(27)29/h3-9H,1-2H3,(H,26,29). The van der Waals surface area contributed by atoms with Crippen molar-refractivity contribution < 1.29 is 30.7 Å². The number of H-pyrrole nitrogens is 1. The summed E-state index contributed by atoms with van der Waals surface area (Å²) >= 11 is 5.97. The van der Waals surface area contributed by atoms with E-state index >= 15 is 0 Å². The normalized spacial score (nSPS) is 12.2. The van der Waals surface area contributed by atoms with Gasteiger partial charge in [-0.1, -0.05) is 11.6 Å². The van der Waals surface area contributed by atoms with Crippen LogP contribution in [0.3, 0.4) is 0 Å². The fraction of sp³-hybridized carbons (Fsp3) is 0.211. The molecule has 8 nitrogen and oxygen atoms in total. The third kappa shape index (κ3) is 4.78. The summed E-state index contributed by atoms with van der Waals surface area (Å²) in [6, 6.07) is 4.07. The monoisotopic (exact) mass is 507 g/mol. The van der Waals surface area contributed by atoms with Gasteiger partial charge < -0.3 is 9.72 Å². The Kier molecular flexibility index (Phi) is 6.40.